The molecule has 0 atom stereocenters. The van der Waals surface area contributed by atoms with E-state index < -0.39 is 0 Å². The molecular weight excluding hydrogens is 254 g/mol. The number of nitrogens with zero attached hydrogens (tertiary/aromatic N) is 2. The SMILES string of the molecule is CCNCc1nc(CN(CC)c2ccccc2)cs1. The molecule has 2 aromatic rings. The largest absolute Gasteiger partial charge is 0.366 e. The van der Waals surface area contributed by atoms with Gasteiger partial charge in [-0.05, 0) is 25.6 Å². The summed E-state index contributed by atoms with van der Waals surface area (Å²) in [7, 11) is 0. The van der Waals surface area contributed by atoms with Crippen LogP contribution in [0.3, 0.4) is 0 Å². The zero-order chi connectivity index (χ0) is 13.5. The van der Waals surface area contributed by atoms with Crippen molar-refractivity contribution in [3.05, 3.63) is 46.4 Å². The Balaban J connectivity index is 2.00. The fourth-order valence-corrected chi connectivity index (χ4v) is 2.71. The van der Waals surface area contributed by atoms with Crippen molar-refractivity contribution in [3.63, 3.8) is 0 Å². The highest BCUT2D eigenvalue weighted by atomic mass is 32.1. The van der Waals surface area contributed by atoms with Gasteiger partial charge in [0.15, 0.2) is 0 Å². The summed E-state index contributed by atoms with van der Waals surface area (Å²) < 4.78 is 0. The lowest BCUT2D eigenvalue weighted by Crippen LogP contribution is -2.22. The molecule has 1 aromatic carbocycles. The third-order valence-corrected chi connectivity index (χ3v) is 3.88. The molecule has 0 aliphatic rings. The molecule has 3 nitrogen and oxygen atoms in total. The standard InChI is InChI=1S/C15H21N3S/c1-3-16-10-15-17-13(12-19-15)11-18(4-2)14-8-6-5-7-9-14/h5-9,12,16H,3-4,10-11H2,1-2H3. The second kappa shape index (κ2) is 7.26. The molecule has 1 aromatic heterocycles. The highest BCUT2D eigenvalue weighted by Crippen LogP contribution is 2.17. The van der Waals surface area contributed by atoms with Crippen molar-refractivity contribution >= 4 is 17.0 Å². The number of benzene rings is 1. The maximum Gasteiger partial charge on any atom is 0.107 e. The van der Waals surface area contributed by atoms with Gasteiger partial charge in [-0.25, -0.2) is 4.98 Å². The van der Waals surface area contributed by atoms with Crippen LogP contribution in [0.5, 0.6) is 0 Å². The predicted octanol–water partition coefficient (Wildman–Crippen LogP) is 3.28. The Morgan fingerprint density at radius 1 is 1.21 bits per heavy atom. The minimum atomic E-state index is 0.874. The van der Waals surface area contributed by atoms with E-state index in [0.29, 0.717) is 0 Å². The second-order valence-electron chi connectivity index (χ2n) is 4.36. The summed E-state index contributed by atoms with van der Waals surface area (Å²) in [6, 6.07) is 10.5. The van der Waals surface area contributed by atoms with E-state index in [1.54, 1.807) is 11.3 Å². The maximum absolute atomic E-state index is 4.68. The van der Waals surface area contributed by atoms with E-state index in [1.165, 1.54) is 10.7 Å². The predicted molar refractivity (Wildman–Crippen MR) is 82.7 cm³/mol. The summed E-state index contributed by atoms with van der Waals surface area (Å²) >= 11 is 1.74. The summed E-state index contributed by atoms with van der Waals surface area (Å²) in [4.78, 5) is 7.01. The van der Waals surface area contributed by atoms with E-state index in [2.05, 4.69) is 64.8 Å². The van der Waals surface area contributed by atoms with E-state index in [9.17, 15) is 0 Å². The first-order valence-corrected chi connectivity index (χ1v) is 7.65. The molecule has 0 aliphatic heterocycles. The molecule has 0 unspecified atom stereocenters. The molecule has 19 heavy (non-hydrogen) atoms. The molecule has 102 valence electrons. The van der Waals surface area contributed by atoms with Gasteiger partial charge in [0.2, 0.25) is 0 Å². The molecule has 0 fully saturated rings. The number of thiazole rings is 1. The molecule has 2 rings (SSSR count). The van der Waals surface area contributed by atoms with Crippen molar-refractivity contribution in [3.8, 4) is 0 Å². The lowest BCUT2D eigenvalue weighted by Gasteiger charge is -2.21. The van der Waals surface area contributed by atoms with Crippen LogP contribution < -0.4 is 10.2 Å². The van der Waals surface area contributed by atoms with Crippen LogP contribution in [0.25, 0.3) is 0 Å². The molecule has 0 aliphatic carbocycles. The highest BCUT2D eigenvalue weighted by molar-refractivity contribution is 7.09. The Bertz CT molecular complexity index is 481. The molecule has 0 radical (unpaired) electrons. The third-order valence-electron chi connectivity index (χ3n) is 2.98. The molecule has 0 spiro atoms. The maximum atomic E-state index is 4.68. The summed E-state index contributed by atoms with van der Waals surface area (Å²) in [6.07, 6.45) is 0. The molecular formula is C15H21N3S. The van der Waals surface area contributed by atoms with Crippen LogP contribution in [0.2, 0.25) is 0 Å². The quantitative estimate of drug-likeness (QED) is 0.840. The van der Waals surface area contributed by atoms with Crippen LogP contribution in [0.15, 0.2) is 35.7 Å². The Hall–Kier alpha value is -1.39. The Morgan fingerprint density at radius 2 is 2.00 bits per heavy atom. The molecule has 0 saturated carbocycles. The van der Waals surface area contributed by atoms with Crippen LogP contribution >= 0.6 is 11.3 Å². The van der Waals surface area contributed by atoms with Gasteiger partial charge in [0.1, 0.15) is 5.01 Å². The van der Waals surface area contributed by atoms with Gasteiger partial charge in [0.25, 0.3) is 0 Å². The number of rotatable bonds is 7. The van der Waals surface area contributed by atoms with Gasteiger partial charge in [-0.15, -0.1) is 11.3 Å². The zero-order valence-corrected chi connectivity index (χ0v) is 12.4. The normalized spacial score (nSPS) is 10.6. The Labute approximate surface area is 119 Å². The summed E-state index contributed by atoms with van der Waals surface area (Å²) in [5.74, 6) is 0. The van der Waals surface area contributed by atoms with Gasteiger partial charge in [0.05, 0.1) is 12.2 Å². The summed E-state index contributed by atoms with van der Waals surface area (Å²) in [5.41, 5.74) is 2.41. The molecule has 4 heteroatoms. The second-order valence-corrected chi connectivity index (χ2v) is 5.31. The van der Waals surface area contributed by atoms with E-state index in [4.69, 9.17) is 0 Å². The van der Waals surface area contributed by atoms with Crippen LogP contribution in [0, 0.1) is 0 Å². The van der Waals surface area contributed by atoms with Gasteiger partial charge >= 0.3 is 0 Å². The van der Waals surface area contributed by atoms with Crippen LogP contribution in [-0.2, 0) is 13.1 Å². The molecule has 1 heterocycles. The third kappa shape index (κ3) is 4.04. The van der Waals surface area contributed by atoms with Crippen molar-refractivity contribution in [2.75, 3.05) is 18.0 Å². The number of hydrogen-bond donors (Lipinski definition) is 1. The number of para-hydroxylation sites is 1. The molecule has 0 saturated heterocycles. The fourth-order valence-electron chi connectivity index (χ4n) is 1.95. The smallest absolute Gasteiger partial charge is 0.107 e. The highest BCUT2D eigenvalue weighted by Gasteiger charge is 2.08. The van der Waals surface area contributed by atoms with Gasteiger partial charge in [-0.1, -0.05) is 25.1 Å². The average molecular weight is 275 g/mol. The first-order valence-electron chi connectivity index (χ1n) is 6.77. The summed E-state index contributed by atoms with van der Waals surface area (Å²) in [6.45, 7) is 8.02. The van der Waals surface area contributed by atoms with Crippen molar-refractivity contribution < 1.29 is 0 Å². The minimum Gasteiger partial charge on any atom is -0.366 e. The average Bonchev–Trinajstić information content (AvgIpc) is 2.91. The number of nitrogens with one attached hydrogen (secondary N) is 1. The van der Waals surface area contributed by atoms with Gasteiger partial charge in [-0.2, -0.15) is 0 Å². The molecule has 0 bridgehead atoms. The van der Waals surface area contributed by atoms with Crippen LogP contribution in [0.4, 0.5) is 5.69 Å². The fraction of sp³-hybridized carbons (Fsp3) is 0.400. The molecule has 1 N–H and O–H groups in total. The minimum absolute atomic E-state index is 0.874. The van der Waals surface area contributed by atoms with E-state index in [-0.39, 0.29) is 0 Å². The van der Waals surface area contributed by atoms with E-state index in [0.717, 1.165) is 31.9 Å². The first kappa shape index (κ1) is 14.0. The lowest BCUT2D eigenvalue weighted by molar-refractivity contribution is 0.716. The Morgan fingerprint density at radius 3 is 2.68 bits per heavy atom. The monoisotopic (exact) mass is 275 g/mol. The van der Waals surface area contributed by atoms with Crippen molar-refractivity contribution in [2.45, 2.75) is 26.9 Å². The van der Waals surface area contributed by atoms with Crippen LogP contribution in [-0.4, -0.2) is 18.1 Å². The van der Waals surface area contributed by atoms with Gasteiger partial charge in [0, 0.05) is 24.2 Å². The number of hydrogen-bond acceptors (Lipinski definition) is 4. The summed E-state index contributed by atoms with van der Waals surface area (Å²) in [5, 5.41) is 6.64. The molecule has 0 amide bonds. The zero-order valence-electron chi connectivity index (χ0n) is 11.6. The number of aromatic nitrogens is 1. The van der Waals surface area contributed by atoms with Crippen molar-refractivity contribution in [2.24, 2.45) is 0 Å². The number of anilines is 1. The van der Waals surface area contributed by atoms with E-state index in [1.807, 2.05) is 0 Å². The van der Waals surface area contributed by atoms with Crippen molar-refractivity contribution in [1.82, 2.24) is 10.3 Å². The lowest BCUT2D eigenvalue weighted by atomic mass is 10.2. The van der Waals surface area contributed by atoms with Gasteiger partial charge < -0.3 is 10.2 Å². The van der Waals surface area contributed by atoms with Crippen LogP contribution in [0.1, 0.15) is 24.5 Å². The first-order chi connectivity index (χ1) is 9.33. The van der Waals surface area contributed by atoms with Gasteiger partial charge in [-0.3, -0.25) is 0 Å². The Kier molecular flexibility index (Phi) is 5.36. The topological polar surface area (TPSA) is 28.2 Å². The van der Waals surface area contributed by atoms with E-state index >= 15 is 0 Å². The van der Waals surface area contributed by atoms with Crippen molar-refractivity contribution in [1.29, 1.82) is 0 Å².